The molecule has 0 saturated carbocycles. The van der Waals surface area contributed by atoms with Gasteiger partial charge in [0.1, 0.15) is 0 Å². The smallest absolute Gasteiger partial charge is 0.257 e. The van der Waals surface area contributed by atoms with Gasteiger partial charge in [-0.3, -0.25) is 4.21 Å². The molecule has 0 fully saturated rings. The third kappa shape index (κ3) is 6.17. The molecule has 48 valence electrons. The summed E-state index contributed by atoms with van der Waals surface area (Å²) in [5.41, 5.74) is 0. The minimum atomic E-state index is -2.58. The van der Waals surface area contributed by atoms with Gasteiger partial charge in [0.25, 0.3) is 0 Å². The topological polar surface area (TPSA) is 63.6 Å². The molecule has 0 amide bonds. The van der Waals surface area contributed by atoms with E-state index >= 15 is 0 Å². The highest BCUT2D eigenvalue weighted by Crippen LogP contribution is 2.13. The van der Waals surface area contributed by atoms with E-state index in [1.165, 1.54) is 6.26 Å². The summed E-state index contributed by atoms with van der Waals surface area (Å²) < 4.78 is 23.9. The van der Waals surface area contributed by atoms with Crippen LogP contribution in [0.2, 0.25) is 0 Å². The Kier molecular flexibility index (Phi) is 4.18. The molecule has 0 spiro atoms. The van der Waals surface area contributed by atoms with Gasteiger partial charge in [-0.05, 0) is 0 Å². The van der Waals surface area contributed by atoms with Crippen LogP contribution < -0.4 is 0 Å². The highest BCUT2D eigenvalue weighted by Gasteiger charge is 2.11. The van der Waals surface area contributed by atoms with Crippen LogP contribution in [-0.2, 0) is 19.9 Å². The Hall–Kier alpha value is 0.170. The van der Waals surface area contributed by atoms with Crippen molar-refractivity contribution < 1.29 is 18.2 Å². The maximum absolute atomic E-state index is 10.1. The first kappa shape index (κ1) is 8.17. The highest BCUT2D eigenvalue weighted by atomic mass is 32.2. The molecule has 6 heteroatoms. The summed E-state index contributed by atoms with van der Waals surface area (Å²) in [4.78, 5) is 7.95. The molecule has 4 nitrogen and oxygen atoms in total. The second-order valence-electron chi connectivity index (χ2n) is 1.06. The molecule has 0 bridgehead atoms. The molecular weight excluding hydrogens is 151 g/mol. The van der Waals surface area contributed by atoms with Gasteiger partial charge in [0.2, 0.25) is 0 Å². The van der Waals surface area contributed by atoms with Gasteiger partial charge in [-0.15, -0.1) is 9.42 Å². The quantitative estimate of drug-likeness (QED) is 0.585. The predicted molar refractivity (Wildman–Crippen MR) is 29.8 cm³/mol. The fourth-order valence-electron chi connectivity index (χ4n) is 0.119. The van der Waals surface area contributed by atoms with Gasteiger partial charge in [-0.1, -0.05) is 0 Å². The van der Waals surface area contributed by atoms with Crippen molar-refractivity contribution in [2.75, 3.05) is 12.2 Å². The van der Waals surface area contributed by atoms with Crippen LogP contribution >= 0.6 is 8.25 Å². The zero-order valence-corrected chi connectivity index (χ0v) is 5.95. The van der Waals surface area contributed by atoms with Gasteiger partial charge < -0.3 is 0 Å². The molecule has 2 unspecified atom stereocenters. The van der Waals surface area contributed by atoms with Crippen molar-refractivity contribution in [1.29, 1.82) is 0 Å². The zero-order chi connectivity index (χ0) is 6.57. The van der Waals surface area contributed by atoms with Gasteiger partial charge >= 0.3 is 8.25 Å². The largest absolute Gasteiger partial charge is 0.695 e. The second-order valence-corrected chi connectivity index (χ2v) is 3.17. The Bertz CT molecular complexity index is 98.6. The van der Waals surface area contributed by atoms with Crippen molar-refractivity contribution in [2.45, 2.75) is 0 Å². The Labute approximate surface area is 50.3 Å². The standard InChI is InChI=1S/C2H5O4PS/c1-8(5)2-6-7(3)4/h2H2,1H3/p+1. The fraction of sp³-hybridized carbons (Fsp3) is 1.00. The van der Waals surface area contributed by atoms with Gasteiger partial charge in [0.15, 0.2) is 5.94 Å². The SMILES string of the molecule is CS(=O)CO[P+](=O)O. The van der Waals surface area contributed by atoms with Crippen LogP contribution in [0.25, 0.3) is 0 Å². The third-order valence-electron chi connectivity index (χ3n) is 0.329. The molecule has 0 rings (SSSR count). The van der Waals surface area contributed by atoms with Crippen LogP contribution in [0.5, 0.6) is 0 Å². The normalized spacial score (nSPS) is 15.5. The highest BCUT2D eigenvalue weighted by molar-refractivity contribution is 7.84. The van der Waals surface area contributed by atoms with Crippen molar-refractivity contribution >= 4 is 19.1 Å². The first-order valence-electron chi connectivity index (χ1n) is 1.72. The van der Waals surface area contributed by atoms with E-state index in [4.69, 9.17) is 4.89 Å². The maximum atomic E-state index is 10.1. The summed E-state index contributed by atoms with van der Waals surface area (Å²) in [7, 11) is -3.73. The van der Waals surface area contributed by atoms with E-state index in [1.807, 2.05) is 0 Å². The minimum absolute atomic E-state index is 0.175. The summed E-state index contributed by atoms with van der Waals surface area (Å²) in [6, 6.07) is 0. The molecule has 1 N–H and O–H groups in total. The Balaban J connectivity index is 3.18. The van der Waals surface area contributed by atoms with Crippen LogP contribution in [0, 0.1) is 0 Å². The minimum Gasteiger partial charge on any atom is -0.257 e. The van der Waals surface area contributed by atoms with Crippen molar-refractivity contribution in [3.63, 3.8) is 0 Å². The number of hydrogen-bond donors (Lipinski definition) is 1. The van der Waals surface area contributed by atoms with Crippen molar-refractivity contribution in [2.24, 2.45) is 0 Å². The molecular formula is C2H6O4PS+. The molecule has 0 radical (unpaired) electrons. The average molecular weight is 157 g/mol. The van der Waals surface area contributed by atoms with Crippen molar-refractivity contribution in [3.8, 4) is 0 Å². The lowest BCUT2D eigenvalue weighted by Crippen LogP contribution is -1.93. The molecule has 0 heterocycles. The van der Waals surface area contributed by atoms with E-state index in [9.17, 15) is 8.77 Å². The van der Waals surface area contributed by atoms with Crippen LogP contribution in [0.3, 0.4) is 0 Å². The molecule has 0 aliphatic carbocycles. The van der Waals surface area contributed by atoms with Gasteiger partial charge in [0, 0.05) is 21.6 Å². The van der Waals surface area contributed by atoms with E-state index in [1.54, 1.807) is 0 Å². The first-order valence-corrected chi connectivity index (χ1v) is 4.57. The lowest BCUT2D eigenvalue weighted by Gasteiger charge is -1.79. The lowest BCUT2D eigenvalue weighted by molar-refractivity contribution is 0.328. The molecule has 0 aliphatic rings. The molecule has 2 atom stereocenters. The van der Waals surface area contributed by atoms with Crippen molar-refractivity contribution in [3.05, 3.63) is 0 Å². The summed E-state index contributed by atoms with van der Waals surface area (Å²) in [5.74, 6) is -0.175. The molecule has 0 aromatic rings. The monoisotopic (exact) mass is 157 g/mol. The van der Waals surface area contributed by atoms with E-state index in [-0.39, 0.29) is 5.94 Å². The van der Waals surface area contributed by atoms with Gasteiger partial charge in [-0.2, -0.15) is 0 Å². The van der Waals surface area contributed by atoms with E-state index in [0.717, 1.165) is 0 Å². The number of rotatable bonds is 3. The molecule has 8 heavy (non-hydrogen) atoms. The maximum Gasteiger partial charge on any atom is 0.695 e. The third-order valence-corrected chi connectivity index (χ3v) is 1.30. The Morgan fingerprint density at radius 2 is 2.38 bits per heavy atom. The molecule has 0 aromatic heterocycles. The van der Waals surface area contributed by atoms with Crippen LogP contribution in [0.1, 0.15) is 0 Å². The van der Waals surface area contributed by atoms with E-state index in [0.29, 0.717) is 0 Å². The Morgan fingerprint density at radius 3 is 2.50 bits per heavy atom. The summed E-state index contributed by atoms with van der Waals surface area (Å²) in [5, 5.41) is 0. The predicted octanol–water partition coefficient (Wildman–Crippen LogP) is -0.0113. The first-order chi connectivity index (χ1) is 3.63. The summed E-state index contributed by atoms with van der Waals surface area (Å²) in [6.45, 7) is 0. The van der Waals surface area contributed by atoms with E-state index in [2.05, 4.69) is 4.52 Å². The van der Waals surface area contributed by atoms with Crippen LogP contribution in [0.4, 0.5) is 0 Å². The van der Waals surface area contributed by atoms with Crippen LogP contribution in [0.15, 0.2) is 0 Å². The average Bonchev–Trinajstić information content (AvgIpc) is 1.61. The summed E-state index contributed by atoms with van der Waals surface area (Å²) in [6.07, 6.45) is 1.39. The van der Waals surface area contributed by atoms with Crippen molar-refractivity contribution in [1.82, 2.24) is 0 Å². The van der Waals surface area contributed by atoms with Gasteiger partial charge in [-0.25, -0.2) is 0 Å². The zero-order valence-electron chi connectivity index (χ0n) is 4.23. The molecule has 0 saturated heterocycles. The molecule has 0 aromatic carbocycles. The fourth-order valence-corrected chi connectivity index (χ4v) is 1.07. The van der Waals surface area contributed by atoms with Gasteiger partial charge in [0.05, 0.1) is 0 Å². The number of hydrogen-bond acceptors (Lipinski definition) is 3. The second kappa shape index (κ2) is 4.09. The molecule has 0 aliphatic heterocycles. The van der Waals surface area contributed by atoms with E-state index < -0.39 is 19.1 Å². The Morgan fingerprint density at radius 1 is 1.88 bits per heavy atom. The van der Waals surface area contributed by atoms with Crippen LogP contribution in [-0.4, -0.2) is 21.3 Å². The summed E-state index contributed by atoms with van der Waals surface area (Å²) >= 11 is 0. The lowest BCUT2D eigenvalue weighted by atomic mass is 11.7.